The van der Waals surface area contributed by atoms with Crippen molar-refractivity contribution in [2.24, 2.45) is 0 Å². The smallest absolute Gasteiger partial charge is 0.261 e. The van der Waals surface area contributed by atoms with Crippen molar-refractivity contribution in [3.63, 3.8) is 0 Å². The fraction of sp³-hybridized carbons (Fsp3) is 0.409. The second-order valence-electron chi connectivity index (χ2n) is 7.05. The van der Waals surface area contributed by atoms with E-state index in [0.29, 0.717) is 6.42 Å². The molecule has 0 fully saturated rings. The molecule has 1 amide bonds. The summed E-state index contributed by atoms with van der Waals surface area (Å²) < 4.78 is 5.91. The van der Waals surface area contributed by atoms with E-state index in [-0.39, 0.29) is 11.4 Å². The van der Waals surface area contributed by atoms with Crippen LogP contribution < -0.4 is 10.1 Å². The first-order valence-corrected chi connectivity index (χ1v) is 9.05. The van der Waals surface area contributed by atoms with Gasteiger partial charge in [-0.2, -0.15) is 0 Å². The molecule has 0 aliphatic carbocycles. The molecule has 0 aliphatic rings. The zero-order chi connectivity index (χ0) is 18.3. The Labute approximate surface area is 151 Å². The molecule has 0 aliphatic heterocycles. The van der Waals surface area contributed by atoms with Crippen molar-refractivity contribution in [2.75, 3.05) is 0 Å². The summed E-state index contributed by atoms with van der Waals surface area (Å²) in [5.41, 5.74) is 2.13. The lowest BCUT2D eigenvalue weighted by atomic mass is 9.94. The molecule has 0 saturated carbocycles. The van der Waals surface area contributed by atoms with Gasteiger partial charge >= 0.3 is 0 Å². The Kier molecular flexibility index (Phi) is 6.63. The quantitative estimate of drug-likeness (QED) is 0.766. The van der Waals surface area contributed by atoms with Gasteiger partial charge in [0.2, 0.25) is 0 Å². The van der Waals surface area contributed by atoms with Gasteiger partial charge in [-0.15, -0.1) is 0 Å². The fourth-order valence-electron chi connectivity index (χ4n) is 2.85. The van der Waals surface area contributed by atoms with E-state index in [2.05, 4.69) is 24.4 Å². The molecule has 0 spiro atoms. The molecule has 0 radical (unpaired) electrons. The van der Waals surface area contributed by atoms with Gasteiger partial charge < -0.3 is 10.1 Å². The summed E-state index contributed by atoms with van der Waals surface area (Å²) >= 11 is 0. The Morgan fingerprint density at radius 3 is 2.20 bits per heavy atom. The number of nitrogens with one attached hydrogen (secondary N) is 1. The van der Waals surface area contributed by atoms with Crippen LogP contribution in [0.4, 0.5) is 0 Å². The Morgan fingerprint density at radius 1 is 1.00 bits per heavy atom. The lowest BCUT2D eigenvalue weighted by molar-refractivity contribution is -0.129. The highest BCUT2D eigenvalue weighted by atomic mass is 16.5. The van der Waals surface area contributed by atoms with Gasteiger partial charge in [-0.1, -0.05) is 56.3 Å². The van der Waals surface area contributed by atoms with Gasteiger partial charge in [0, 0.05) is 5.54 Å². The van der Waals surface area contributed by atoms with Gasteiger partial charge in [-0.25, -0.2) is 0 Å². The molecule has 1 atom stereocenters. The third-order valence-electron chi connectivity index (χ3n) is 4.22. The van der Waals surface area contributed by atoms with Crippen molar-refractivity contribution in [1.29, 1.82) is 0 Å². The summed E-state index contributed by atoms with van der Waals surface area (Å²) in [7, 11) is 0. The minimum atomic E-state index is -0.484. The predicted molar refractivity (Wildman–Crippen MR) is 103 cm³/mol. The molecule has 3 heteroatoms. The maximum Gasteiger partial charge on any atom is 0.261 e. The van der Waals surface area contributed by atoms with Gasteiger partial charge in [0.15, 0.2) is 6.10 Å². The van der Waals surface area contributed by atoms with Crippen molar-refractivity contribution in [1.82, 2.24) is 5.32 Å². The zero-order valence-corrected chi connectivity index (χ0v) is 15.7. The number of benzene rings is 2. The summed E-state index contributed by atoms with van der Waals surface area (Å²) in [6, 6.07) is 18.1. The Bertz CT molecular complexity index is 662. The van der Waals surface area contributed by atoms with Crippen LogP contribution in [0.1, 0.15) is 45.2 Å². The third kappa shape index (κ3) is 5.93. The number of carbonyl (C=O) groups excluding carboxylic acids is 1. The minimum Gasteiger partial charge on any atom is -0.481 e. The molecule has 2 rings (SSSR count). The van der Waals surface area contributed by atoms with Crippen LogP contribution in [0.3, 0.4) is 0 Å². The Hall–Kier alpha value is -2.29. The van der Waals surface area contributed by atoms with Crippen molar-refractivity contribution in [2.45, 2.75) is 58.6 Å². The molecule has 2 aromatic carbocycles. The van der Waals surface area contributed by atoms with Gasteiger partial charge in [-0.05, 0) is 56.4 Å². The van der Waals surface area contributed by atoms with Crippen LogP contribution in [0.25, 0.3) is 0 Å². The van der Waals surface area contributed by atoms with E-state index in [0.717, 1.165) is 18.6 Å². The number of ether oxygens (including phenoxy) is 1. The molecule has 2 aromatic rings. The average molecular weight is 339 g/mol. The van der Waals surface area contributed by atoms with E-state index in [1.165, 1.54) is 11.1 Å². The average Bonchev–Trinajstić information content (AvgIpc) is 2.60. The van der Waals surface area contributed by atoms with Gasteiger partial charge in [0.25, 0.3) is 5.91 Å². The second kappa shape index (κ2) is 8.70. The summed E-state index contributed by atoms with van der Waals surface area (Å²) in [4.78, 5) is 12.7. The first kappa shape index (κ1) is 19.0. The molecule has 1 unspecified atom stereocenters. The van der Waals surface area contributed by atoms with Crippen LogP contribution in [-0.4, -0.2) is 17.6 Å². The zero-order valence-electron chi connectivity index (χ0n) is 15.7. The first-order valence-electron chi connectivity index (χ1n) is 9.05. The van der Waals surface area contributed by atoms with Crippen molar-refractivity contribution >= 4 is 5.91 Å². The minimum absolute atomic E-state index is 0.0667. The number of hydrogen-bond acceptors (Lipinski definition) is 2. The van der Waals surface area contributed by atoms with Gasteiger partial charge in [-0.3, -0.25) is 4.79 Å². The molecule has 0 aromatic heterocycles. The van der Waals surface area contributed by atoms with E-state index in [1.807, 2.05) is 63.2 Å². The normalized spacial score (nSPS) is 12.5. The van der Waals surface area contributed by atoms with Crippen molar-refractivity contribution in [3.8, 4) is 5.75 Å². The lowest BCUT2D eigenvalue weighted by Crippen LogP contribution is -2.50. The SMILES string of the molecule is CCc1ccc(OC(CC)C(=O)NC(C)(C)Cc2ccccc2)cc1. The Morgan fingerprint density at radius 2 is 1.64 bits per heavy atom. The first-order chi connectivity index (χ1) is 11.9. The van der Waals surface area contributed by atoms with E-state index in [4.69, 9.17) is 4.74 Å². The topological polar surface area (TPSA) is 38.3 Å². The molecule has 0 saturated heterocycles. The van der Waals surface area contributed by atoms with Crippen LogP contribution in [-0.2, 0) is 17.6 Å². The molecule has 134 valence electrons. The molecule has 0 bridgehead atoms. The summed E-state index contributed by atoms with van der Waals surface area (Å²) in [5, 5.41) is 3.13. The number of aryl methyl sites for hydroxylation is 1. The fourth-order valence-corrected chi connectivity index (χ4v) is 2.85. The van der Waals surface area contributed by atoms with E-state index in [9.17, 15) is 4.79 Å². The lowest BCUT2D eigenvalue weighted by Gasteiger charge is -2.29. The molecular formula is C22H29NO2. The van der Waals surface area contributed by atoms with Gasteiger partial charge in [0.1, 0.15) is 5.75 Å². The van der Waals surface area contributed by atoms with Crippen LogP contribution in [0.2, 0.25) is 0 Å². The van der Waals surface area contributed by atoms with Crippen LogP contribution in [0, 0.1) is 0 Å². The molecular weight excluding hydrogens is 310 g/mol. The number of rotatable bonds is 8. The summed E-state index contributed by atoms with van der Waals surface area (Å²) in [5.74, 6) is 0.670. The summed E-state index contributed by atoms with van der Waals surface area (Å²) in [6.45, 7) is 8.17. The Balaban J connectivity index is 1.98. The van der Waals surface area contributed by atoms with Crippen molar-refractivity contribution < 1.29 is 9.53 Å². The van der Waals surface area contributed by atoms with E-state index >= 15 is 0 Å². The predicted octanol–water partition coefficient (Wildman–Crippen LogP) is 4.54. The van der Waals surface area contributed by atoms with E-state index < -0.39 is 6.10 Å². The monoisotopic (exact) mass is 339 g/mol. The highest BCUT2D eigenvalue weighted by molar-refractivity contribution is 5.81. The van der Waals surface area contributed by atoms with Crippen molar-refractivity contribution in [3.05, 3.63) is 65.7 Å². The number of carbonyl (C=O) groups is 1. The number of hydrogen-bond donors (Lipinski definition) is 1. The molecule has 0 heterocycles. The highest BCUT2D eigenvalue weighted by Gasteiger charge is 2.26. The molecule has 25 heavy (non-hydrogen) atoms. The summed E-state index contributed by atoms with van der Waals surface area (Å²) in [6.07, 6.45) is 1.91. The maximum absolute atomic E-state index is 12.7. The van der Waals surface area contributed by atoms with Crippen LogP contribution in [0.5, 0.6) is 5.75 Å². The number of amides is 1. The van der Waals surface area contributed by atoms with E-state index in [1.54, 1.807) is 0 Å². The van der Waals surface area contributed by atoms with Crippen LogP contribution in [0.15, 0.2) is 54.6 Å². The standard InChI is InChI=1S/C22H29NO2/c1-5-17-12-14-19(15-13-17)25-20(6-2)21(24)23-22(3,4)16-18-10-8-7-9-11-18/h7-15,20H,5-6,16H2,1-4H3,(H,23,24). The largest absolute Gasteiger partial charge is 0.481 e. The van der Waals surface area contributed by atoms with Gasteiger partial charge in [0.05, 0.1) is 0 Å². The molecule has 1 N–H and O–H groups in total. The molecule has 3 nitrogen and oxygen atoms in total. The maximum atomic E-state index is 12.7. The highest BCUT2D eigenvalue weighted by Crippen LogP contribution is 2.17. The van der Waals surface area contributed by atoms with Crippen LogP contribution >= 0.6 is 0 Å². The second-order valence-corrected chi connectivity index (χ2v) is 7.05. The third-order valence-corrected chi connectivity index (χ3v) is 4.22.